The first kappa shape index (κ1) is 44.5. The summed E-state index contributed by atoms with van der Waals surface area (Å²) in [6.07, 6.45) is 48.3. The van der Waals surface area contributed by atoms with Gasteiger partial charge in [-0.3, -0.25) is 9.35 Å². The number of amides is 1. The van der Waals surface area contributed by atoms with E-state index in [0.29, 0.717) is 12.8 Å². The van der Waals surface area contributed by atoms with E-state index in [2.05, 4.69) is 98.2 Å². The molecular formula is C40H67NO5S. The van der Waals surface area contributed by atoms with E-state index in [1.807, 2.05) is 6.08 Å². The van der Waals surface area contributed by atoms with Crippen molar-refractivity contribution >= 4 is 16.0 Å². The van der Waals surface area contributed by atoms with Gasteiger partial charge in [-0.25, -0.2) is 0 Å². The Morgan fingerprint density at radius 3 is 1.43 bits per heavy atom. The standard InChI is InChI=1S/C40H67NO5S/c1-3-5-7-9-11-13-14-15-16-17-18-19-20-21-22-23-24-25-26-28-30-32-34-36-40(43)41-38(37-47(44,45)46)39(42)35-33-31-29-27-12-10-8-6-4-2/h5,7,11,13,15-16,18-19,21-22,24-25,28,30,38-39,42H,3-4,6,8-10,12,14,17,20,23,26-27,29,31-37H2,1-2H3,(H,41,43)(H,44,45,46)/b7-5-,13-11-,16-15-,19-18-,22-21-,25-24-,30-28-. The van der Waals surface area contributed by atoms with E-state index in [9.17, 15) is 22.9 Å². The predicted molar refractivity (Wildman–Crippen MR) is 202 cm³/mol. The summed E-state index contributed by atoms with van der Waals surface area (Å²) in [7, 11) is -4.33. The fraction of sp³-hybridized carbons (Fsp3) is 0.625. The number of aliphatic hydroxyl groups excluding tert-OH is 1. The number of carbonyl (C=O) groups excluding carboxylic acids is 1. The first-order valence-corrected chi connectivity index (χ1v) is 19.9. The predicted octanol–water partition coefficient (Wildman–Crippen LogP) is 10.5. The number of nitrogens with one attached hydrogen (secondary N) is 1. The molecule has 3 N–H and O–H groups in total. The molecule has 0 fully saturated rings. The van der Waals surface area contributed by atoms with Crippen LogP contribution in [-0.4, -0.2) is 41.9 Å². The molecule has 0 heterocycles. The largest absolute Gasteiger partial charge is 0.391 e. The van der Waals surface area contributed by atoms with Crippen LogP contribution in [0.5, 0.6) is 0 Å². The van der Waals surface area contributed by atoms with Crippen molar-refractivity contribution in [3.8, 4) is 0 Å². The Bertz CT molecular complexity index is 1050. The molecule has 0 saturated heterocycles. The van der Waals surface area contributed by atoms with Crippen molar-refractivity contribution in [1.82, 2.24) is 5.32 Å². The van der Waals surface area contributed by atoms with Gasteiger partial charge in [-0.15, -0.1) is 0 Å². The third-order valence-corrected chi connectivity index (χ3v) is 8.39. The number of hydrogen-bond acceptors (Lipinski definition) is 4. The van der Waals surface area contributed by atoms with Gasteiger partial charge in [0, 0.05) is 6.42 Å². The van der Waals surface area contributed by atoms with Gasteiger partial charge in [0.25, 0.3) is 10.1 Å². The lowest BCUT2D eigenvalue weighted by Crippen LogP contribution is -2.47. The molecule has 268 valence electrons. The van der Waals surface area contributed by atoms with Crippen LogP contribution in [0.3, 0.4) is 0 Å². The van der Waals surface area contributed by atoms with Gasteiger partial charge >= 0.3 is 0 Å². The number of unbranched alkanes of at least 4 members (excludes halogenated alkanes) is 9. The number of hydrogen-bond donors (Lipinski definition) is 3. The maximum Gasteiger partial charge on any atom is 0.266 e. The molecular weight excluding hydrogens is 607 g/mol. The molecule has 0 bridgehead atoms. The van der Waals surface area contributed by atoms with Crippen LogP contribution in [0.4, 0.5) is 0 Å². The highest BCUT2D eigenvalue weighted by molar-refractivity contribution is 7.85. The van der Waals surface area contributed by atoms with E-state index in [4.69, 9.17) is 0 Å². The molecule has 0 rings (SSSR count). The molecule has 2 atom stereocenters. The maximum absolute atomic E-state index is 12.4. The van der Waals surface area contributed by atoms with Crippen LogP contribution in [0.25, 0.3) is 0 Å². The van der Waals surface area contributed by atoms with E-state index in [1.165, 1.54) is 38.5 Å². The Hall–Kier alpha value is -2.48. The molecule has 0 spiro atoms. The first-order valence-electron chi connectivity index (χ1n) is 18.3. The van der Waals surface area contributed by atoms with Crippen molar-refractivity contribution < 1.29 is 22.9 Å². The summed E-state index contributed by atoms with van der Waals surface area (Å²) in [5, 5.41) is 13.2. The zero-order valence-corrected chi connectivity index (χ0v) is 30.4. The molecule has 0 radical (unpaired) electrons. The highest BCUT2D eigenvalue weighted by Gasteiger charge is 2.25. The zero-order chi connectivity index (χ0) is 34.7. The van der Waals surface area contributed by atoms with Crippen molar-refractivity contribution in [2.24, 2.45) is 0 Å². The van der Waals surface area contributed by atoms with Crippen molar-refractivity contribution in [2.75, 3.05) is 5.75 Å². The lowest BCUT2D eigenvalue weighted by molar-refractivity contribution is -0.122. The molecule has 0 aromatic rings. The monoisotopic (exact) mass is 673 g/mol. The topological polar surface area (TPSA) is 104 Å². The van der Waals surface area contributed by atoms with Crippen LogP contribution in [0.15, 0.2) is 85.1 Å². The lowest BCUT2D eigenvalue weighted by Gasteiger charge is -2.23. The van der Waals surface area contributed by atoms with Gasteiger partial charge in [0.1, 0.15) is 0 Å². The van der Waals surface area contributed by atoms with Crippen molar-refractivity contribution in [3.05, 3.63) is 85.1 Å². The average Bonchev–Trinajstić information content (AvgIpc) is 3.03. The molecule has 6 nitrogen and oxygen atoms in total. The molecule has 0 aliphatic heterocycles. The van der Waals surface area contributed by atoms with Gasteiger partial charge in [-0.05, 0) is 64.2 Å². The van der Waals surface area contributed by atoms with Crippen LogP contribution < -0.4 is 5.32 Å². The molecule has 7 heteroatoms. The highest BCUT2D eigenvalue weighted by atomic mass is 32.2. The van der Waals surface area contributed by atoms with Crippen LogP contribution in [0.2, 0.25) is 0 Å². The number of carbonyl (C=O) groups is 1. The van der Waals surface area contributed by atoms with Crippen LogP contribution in [-0.2, 0) is 14.9 Å². The minimum atomic E-state index is -4.33. The average molecular weight is 674 g/mol. The van der Waals surface area contributed by atoms with Gasteiger partial charge in [-0.1, -0.05) is 157 Å². The number of allylic oxidation sites excluding steroid dienone is 14. The van der Waals surface area contributed by atoms with Gasteiger partial charge in [0.2, 0.25) is 5.91 Å². The number of rotatable bonds is 31. The van der Waals surface area contributed by atoms with Crippen LogP contribution in [0.1, 0.15) is 142 Å². The second kappa shape index (κ2) is 33.4. The summed E-state index contributed by atoms with van der Waals surface area (Å²) in [5.41, 5.74) is 0. The van der Waals surface area contributed by atoms with Crippen LogP contribution in [0, 0.1) is 0 Å². The third kappa shape index (κ3) is 34.7. The summed E-state index contributed by atoms with van der Waals surface area (Å²) in [5.74, 6) is -0.987. The molecule has 47 heavy (non-hydrogen) atoms. The van der Waals surface area contributed by atoms with E-state index in [-0.39, 0.29) is 12.3 Å². The molecule has 0 aliphatic carbocycles. The molecule has 2 unspecified atom stereocenters. The first-order chi connectivity index (χ1) is 22.8. The second-order valence-corrected chi connectivity index (χ2v) is 13.6. The summed E-state index contributed by atoms with van der Waals surface area (Å²) < 4.78 is 32.3. The maximum atomic E-state index is 12.4. The smallest absolute Gasteiger partial charge is 0.266 e. The summed E-state index contributed by atoms with van der Waals surface area (Å²) in [6, 6.07) is -1.00. The minimum absolute atomic E-state index is 0.233. The van der Waals surface area contributed by atoms with E-state index >= 15 is 0 Å². The SMILES string of the molecule is CC/C=C\C/C=C\C/C=C\C/C=C\C/C=C\C/C=C\C/C=C\CCCC(=O)NC(CS(=O)(=O)O)C(O)CCCCCCCCCCC. The molecule has 0 aromatic heterocycles. The zero-order valence-electron chi connectivity index (χ0n) is 29.6. The van der Waals surface area contributed by atoms with Crippen molar-refractivity contribution in [3.63, 3.8) is 0 Å². The van der Waals surface area contributed by atoms with Gasteiger partial charge in [0.05, 0.1) is 17.9 Å². The molecule has 0 aliphatic rings. The summed E-state index contributed by atoms with van der Waals surface area (Å²) in [6.45, 7) is 4.35. The van der Waals surface area contributed by atoms with Gasteiger partial charge in [-0.2, -0.15) is 8.42 Å². The Balaban J connectivity index is 4.06. The van der Waals surface area contributed by atoms with Gasteiger partial charge < -0.3 is 10.4 Å². The highest BCUT2D eigenvalue weighted by Crippen LogP contribution is 2.13. The summed E-state index contributed by atoms with van der Waals surface area (Å²) >= 11 is 0. The lowest BCUT2D eigenvalue weighted by atomic mass is 10.0. The Morgan fingerprint density at radius 1 is 0.596 bits per heavy atom. The third-order valence-electron chi connectivity index (χ3n) is 7.61. The van der Waals surface area contributed by atoms with Crippen LogP contribution >= 0.6 is 0 Å². The molecule has 0 aromatic carbocycles. The Kier molecular flexibility index (Phi) is 31.7. The molecule has 1 amide bonds. The summed E-state index contributed by atoms with van der Waals surface area (Å²) in [4.78, 5) is 12.4. The number of aliphatic hydroxyl groups is 1. The Labute approximate surface area is 288 Å². The van der Waals surface area contributed by atoms with E-state index in [1.54, 1.807) is 0 Å². The fourth-order valence-electron chi connectivity index (χ4n) is 4.91. The van der Waals surface area contributed by atoms with E-state index in [0.717, 1.165) is 70.6 Å². The van der Waals surface area contributed by atoms with Gasteiger partial charge in [0.15, 0.2) is 0 Å². The van der Waals surface area contributed by atoms with Crippen molar-refractivity contribution in [1.29, 1.82) is 0 Å². The fourth-order valence-corrected chi connectivity index (χ4v) is 5.67. The minimum Gasteiger partial charge on any atom is -0.391 e. The molecule has 0 saturated carbocycles. The quantitative estimate of drug-likeness (QED) is 0.0386. The normalized spacial score (nSPS) is 14.4. The Morgan fingerprint density at radius 2 is 1.00 bits per heavy atom. The van der Waals surface area contributed by atoms with E-state index < -0.39 is 28.0 Å². The second-order valence-electron chi connectivity index (χ2n) is 12.1. The van der Waals surface area contributed by atoms with Crippen molar-refractivity contribution in [2.45, 2.75) is 154 Å².